The molecule has 5 rings (SSSR count). The molecular weight excluding hydrogens is 336 g/mol. The Morgan fingerprint density at radius 3 is 2.92 bits per heavy atom. The van der Waals surface area contributed by atoms with E-state index < -0.39 is 0 Å². The van der Waals surface area contributed by atoms with Crippen molar-refractivity contribution in [3.63, 3.8) is 0 Å². The summed E-state index contributed by atoms with van der Waals surface area (Å²) < 4.78 is 6.28. The standard InChI is InChI=1S/C16H20N8S/c1-10-19-20-13-5-6-14(21-24(10)13)23-8-11(9-23)7-17-16-18-15(22-25-16)12-3-2-4-12/h5-6,11-12H,2-4,7-9H2,1H3,(H,17,18,22). The molecule has 9 heteroatoms. The molecule has 0 radical (unpaired) electrons. The topological polar surface area (TPSA) is 84.1 Å². The third-order valence-electron chi connectivity index (χ3n) is 5.14. The van der Waals surface area contributed by atoms with Crippen molar-refractivity contribution in [1.29, 1.82) is 0 Å². The molecule has 4 heterocycles. The Bertz CT molecular complexity index is 893. The summed E-state index contributed by atoms with van der Waals surface area (Å²) >= 11 is 1.49. The maximum atomic E-state index is 4.63. The lowest BCUT2D eigenvalue weighted by Crippen LogP contribution is -2.50. The first-order chi connectivity index (χ1) is 12.3. The largest absolute Gasteiger partial charge is 0.360 e. The van der Waals surface area contributed by atoms with E-state index >= 15 is 0 Å². The molecule has 3 aromatic heterocycles. The van der Waals surface area contributed by atoms with Gasteiger partial charge in [-0.2, -0.15) is 8.89 Å². The van der Waals surface area contributed by atoms with Gasteiger partial charge in [0, 0.05) is 43.0 Å². The number of nitrogens with zero attached hydrogens (tertiary/aromatic N) is 7. The Morgan fingerprint density at radius 2 is 2.12 bits per heavy atom. The highest BCUT2D eigenvalue weighted by molar-refractivity contribution is 7.09. The molecule has 0 unspecified atom stereocenters. The van der Waals surface area contributed by atoms with E-state index in [0.717, 1.165) is 47.9 Å². The average molecular weight is 356 g/mol. The number of fused-ring (bicyclic) bond motifs is 1. The van der Waals surface area contributed by atoms with Gasteiger partial charge in [-0.25, -0.2) is 4.98 Å². The number of hydrogen-bond acceptors (Lipinski definition) is 8. The number of hydrogen-bond donors (Lipinski definition) is 1. The lowest BCUT2D eigenvalue weighted by Gasteiger charge is -2.40. The molecule has 25 heavy (non-hydrogen) atoms. The van der Waals surface area contributed by atoms with Crippen molar-refractivity contribution in [3.8, 4) is 0 Å². The minimum atomic E-state index is 0.605. The third-order valence-corrected chi connectivity index (χ3v) is 5.83. The number of aromatic nitrogens is 6. The predicted molar refractivity (Wildman–Crippen MR) is 96.2 cm³/mol. The second-order valence-corrected chi connectivity index (χ2v) is 7.70. The fourth-order valence-electron chi connectivity index (χ4n) is 3.31. The van der Waals surface area contributed by atoms with Crippen LogP contribution in [-0.4, -0.2) is 48.8 Å². The van der Waals surface area contributed by atoms with Gasteiger partial charge in [0.05, 0.1) is 0 Å². The van der Waals surface area contributed by atoms with Crippen molar-refractivity contribution in [3.05, 3.63) is 23.8 Å². The van der Waals surface area contributed by atoms with Crippen LogP contribution in [0.1, 0.15) is 36.8 Å². The van der Waals surface area contributed by atoms with Crippen molar-refractivity contribution in [1.82, 2.24) is 29.2 Å². The molecule has 0 bridgehead atoms. The molecule has 0 aromatic carbocycles. The molecule has 1 N–H and O–H groups in total. The Balaban J connectivity index is 1.16. The van der Waals surface area contributed by atoms with Crippen molar-refractivity contribution in [2.75, 3.05) is 29.9 Å². The normalized spacial score (nSPS) is 18.4. The zero-order chi connectivity index (χ0) is 16.8. The Labute approximate surface area is 149 Å². The van der Waals surface area contributed by atoms with Crippen molar-refractivity contribution < 1.29 is 0 Å². The summed E-state index contributed by atoms with van der Waals surface area (Å²) in [5, 5.41) is 17.2. The molecular formula is C16H20N8S. The van der Waals surface area contributed by atoms with E-state index in [4.69, 9.17) is 0 Å². The highest BCUT2D eigenvalue weighted by Gasteiger charge is 2.29. The number of rotatable bonds is 5. The van der Waals surface area contributed by atoms with Crippen LogP contribution in [0.5, 0.6) is 0 Å². The molecule has 1 saturated carbocycles. The monoisotopic (exact) mass is 356 g/mol. The molecule has 0 atom stereocenters. The minimum Gasteiger partial charge on any atom is -0.360 e. The van der Waals surface area contributed by atoms with E-state index in [1.165, 1.54) is 30.8 Å². The van der Waals surface area contributed by atoms with Gasteiger partial charge in [0.25, 0.3) is 0 Å². The fourth-order valence-corrected chi connectivity index (χ4v) is 3.96. The van der Waals surface area contributed by atoms with Crippen LogP contribution >= 0.6 is 11.5 Å². The van der Waals surface area contributed by atoms with E-state index in [1.807, 2.05) is 19.1 Å². The Hall–Kier alpha value is -2.29. The highest BCUT2D eigenvalue weighted by Crippen LogP contribution is 2.35. The lowest BCUT2D eigenvalue weighted by atomic mass is 9.85. The van der Waals surface area contributed by atoms with Gasteiger partial charge < -0.3 is 10.2 Å². The third kappa shape index (κ3) is 2.72. The van der Waals surface area contributed by atoms with Crippen LogP contribution in [0.15, 0.2) is 12.1 Å². The van der Waals surface area contributed by atoms with E-state index in [2.05, 4.69) is 34.9 Å². The quantitative estimate of drug-likeness (QED) is 0.749. The first-order valence-corrected chi connectivity index (χ1v) is 9.55. The smallest absolute Gasteiger partial charge is 0.202 e. The maximum absolute atomic E-state index is 4.63. The summed E-state index contributed by atoms with van der Waals surface area (Å²) in [7, 11) is 0. The van der Waals surface area contributed by atoms with Crippen LogP contribution in [0.2, 0.25) is 0 Å². The van der Waals surface area contributed by atoms with Gasteiger partial charge in [0.15, 0.2) is 11.5 Å². The Morgan fingerprint density at radius 1 is 1.24 bits per heavy atom. The van der Waals surface area contributed by atoms with Gasteiger partial charge in [-0.15, -0.1) is 15.3 Å². The zero-order valence-corrected chi connectivity index (χ0v) is 14.9. The average Bonchev–Trinajstić information content (AvgIpc) is 3.12. The zero-order valence-electron chi connectivity index (χ0n) is 14.1. The van der Waals surface area contributed by atoms with Crippen LogP contribution in [0, 0.1) is 12.8 Å². The van der Waals surface area contributed by atoms with Crippen molar-refractivity contribution in [2.45, 2.75) is 32.1 Å². The molecule has 1 saturated heterocycles. The first-order valence-electron chi connectivity index (χ1n) is 8.78. The SMILES string of the molecule is Cc1nnc2ccc(N3CC(CNc4nc(C5CCC5)ns4)C3)nn12. The summed E-state index contributed by atoms with van der Waals surface area (Å²) in [4.78, 5) is 6.91. The molecule has 1 aliphatic heterocycles. The van der Waals surface area contributed by atoms with Gasteiger partial charge in [-0.1, -0.05) is 6.42 Å². The van der Waals surface area contributed by atoms with Gasteiger partial charge >= 0.3 is 0 Å². The van der Waals surface area contributed by atoms with Gasteiger partial charge in [-0.05, 0) is 31.9 Å². The number of aryl methyl sites for hydroxylation is 1. The molecule has 0 spiro atoms. The van der Waals surface area contributed by atoms with Crippen molar-refractivity contribution >= 4 is 28.1 Å². The fraction of sp³-hybridized carbons (Fsp3) is 0.562. The molecule has 2 aliphatic rings. The lowest BCUT2D eigenvalue weighted by molar-refractivity contribution is 0.404. The summed E-state index contributed by atoms with van der Waals surface area (Å²) in [5.74, 6) is 4.04. The predicted octanol–water partition coefficient (Wildman–Crippen LogP) is 2.10. The molecule has 2 fully saturated rings. The minimum absolute atomic E-state index is 0.605. The molecule has 3 aromatic rings. The summed E-state index contributed by atoms with van der Waals surface area (Å²) in [5.41, 5.74) is 0.790. The van der Waals surface area contributed by atoms with E-state index in [1.54, 1.807) is 4.52 Å². The van der Waals surface area contributed by atoms with Gasteiger partial charge in [0.2, 0.25) is 5.13 Å². The van der Waals surface area contributed by atoms with E-state index in [0.29, 0.717) is 11.8 Å². The van der Waals surface area contributed by atoms with Crippen LogP contribution in [-0.2, 0) is 0 Å². The Kier molecular flexibility index (Phi) is 3.54. The molecule has 0 amide bonds. The second kappa shape index (κ2) is 5.91. The molecule has 8 nitrogen and oxygen atoms in total. The molecule has 1 aliphatic carbocycles. The molecule has 130 valence electrons. The summed E-state index contributed by atoms with van der Waals surface area (Å²) in [6.45, 7) is 4.85. The van der Waals surface area contributed by atoms with Crippen LogP contribution in [0.25, 0.3) is 5.65 Å². The first kappa shape index (κ1) is 15.0. The van der Waals surface area contributed by atoms with E-state index in [9.17, 15) is 0 Å². The van der Waals surface area contributed by atoms with E-state index in [-0.39, 0.29) is 0 Å². The van der Waals surface area contributed by atoms with Gasteiger partial charge in [0.1, 0.15) is 11.6 Å². The van der Waals surface area contributed by atoms with Crippen LogP contribution in [0.3, 0.4) is 0 Å². The van der Waals surface area contributed by atoms with Crippen molar-refractivity contribution in [2.24, 2.45) is 5.92 Å². The van der Waals surface area contributed by atoms with Gasteiger partial charge in [-0.3, -0.25) is 0 Å². The second-order valence-electron chi connectivity index (χ2n) is 6.95. The summed E-state index contributed by atoms with van der Waals surface area (Å²) in [6.07, 6.45) is 3.81. The number of nitrogens with one attached hydrogen (secondary N) is 1. The van der Waals surface area contributed by atoms with Crippen LogP contribution in [0.4, 0.5) is 10.9 Å². The summed E-state index contributed by atoms with van der Waals surface area (Å²) in [6, 6.07) is 3.99. The maximum Gasteiger partial charge on any atom is 0.202 e. The van der Waals surface area contributed by atoms with Crippen LogP contribution < -0.4 is 10.2 Å². The highest BCUT2D eigenvalue weighted by atomic mass is 32.1. The number of anilines is 2.